The van der Waals surface area contributed by atoms with Crippen LogP contribution in [-0.2, 0) is 9.59 Å². The standard InChI is InChI=1S/C23H25N3O3/c1-16(2)25-23(28)20(14-24)13-18-9-11-21(12-10-18)29-15-22(27)26-17(3)19-7-5-4-6-8-19/h4-13,16-17H,15H2,1-3H3,(H,25,28)(H,26,27)/b20-13+/t17-/m1/s1. The van der Waals surface area contributed by atoms with Gasteiger partial charge in [0, 0.05) is 6.04 Å². The van der Waals surface area contributed by atoms with Crippen LogP contribution >= 0.6 is 0 Å². The normalized spacial score (nSPS) is 12.0. The van der Waals surface area contributed by atoms with Crippen molar-refractivity contribution in [2.24, 2.45) is 0 Å². The van der Waals surface area contributed by atoms with Crippen LogP contribution in [0.3, 0.4) is 0 Å². The minimum Gasteiger partial charge on any atom is -0.484 e. The first-order valence-corrected chi connectivity index (χ1v) is 9.39. The molecular formula is C23H25N3O3. The molecule has 0 heterocycles. The van der Waals surface area contributed by atoms with E-state index in [1.165, 1.54) is 6.08 Å². The minimum atomic E-state index is -0.410. The molecule has 0 fully saturated rings. The molecule has 0 bridgehead atoms. The zero-order valence-corrected chi connectivity index (χ0v) is 16.8. The molecule has 0 radical (unpaired) electrons. The SMILES string of the molecule is CC(C)NC(=O)/C(C#N)=C/c1ccc(OCC(=O)N[C@H](C)c2ccccc2)cc1. The van der Waals surface area contributed by atoms with E-state index < -0.39 is 5.91 Å². The van der Waals surface area contributed by atoms with Crippen molar-refractivity contribution in [1.82, 2.24) is 10.6 Å². The van der Waals surface area contributed by atoms with E-state index in [0.29, 0.717) is 11.3 Å². The number of ether oxygens (including phenoxy) is 1. The number of nitriles is 1. The van der Waals surface area contributed by atoms with Crippen LogP contribution in [0.4, 0.5) is 0 Å². The molecule has 0 aliphatic heterocycles. The van der Waals surface area contributed by atoms with Crippen molar-refractivity contribution in [3.05, 3.63) is 71.3 Å². The van der Waals surface area contributed by atoms with E-state index in [2.05, 4.69) is 10.6 Å². The third kappa shape index (κ3) is 7.15. The van der Waals surface area contributed by atoms with Crippen LogP contribution in [-0.4, -0.2) is 24.5 Å². The Morgan fingerprint density at radius 2 is 1.69 bits per heavy atom. The lowest BCUT2D eigenvalue weighted by atomic mass is 10.1. The van der Waals surface area contributed by atoms with Crippen molar-refractivity contribution in [3.8, 4) is 11.8 Å². The molecular weight excluding hydrogens is 366 g/mol. The summed E-state index contributed by atoms with van der Waals surface area (Å²) in [4.78, 5) is 24.0. The molecule has 150 valence electrons. The third-order valence-corrected chi connectivity index (χ3v) is 4.02. The number of carbonyl (C=O) groups is 2. The second-order valence-electron chi connectivity index (χ2n) is 6.86. The van der Waals surface area contributed by atoms with Crippen molar-refractivity contribution >= 4 is 17.9 Å². The number of rotatable bonds is 8. The van der Waals surface area contributed by atoms with Crippen molar-refractivity contribution in [1.29, 1.82) is 5.26 Å². The van der Waals surface area contributed by atoms with Gasteiger partial charge < -0.3 is 15.4 Å². The summed E-state index contributed by atoms with van der Waals surface area (Å²) < 4.78 is 5.51. The van der Waals surface area contributed by atoms with Crippen molar-refractivity contribution in [3.63, 3.8) is 0 Å². The second kappa shape index (κ2) is 10.7. The number of amides is 2. The van der Waals surface area contributed by atoms with Gasteiger partial charge in [0.25, 0.3) is 11.8 Å². The molecule has 2 aromatic carbocycles. The predicted molar refractivity (Wildman–Crippen MR) is 112 cm³/mol. The first-order chi connectivity index (χ1) is 13.9. The fourth-order valence-corrected chi connectivity index (χ4v) is 2.57. The zero-order chi connectivity index (χ0) is 21.2. The van der Waals surface area contributed by atoms with Gasteiger partial charge in [0.2, 0.25) is 0 Å². The molecule has 0 saturated heterocycles. The summed E-state index contributed by atoms with van der Waals surface area (Å²) in [6.07, 6.45) is 1.51. The monoisotopic (exact) mass is 391 g/mol. The van der Waals surface area contributed by atoms with E-state index in [4.69, 9.17) is 4.74 Å². The Morgan fingerprint density at radius 3 is 2.28 bits per heavy atom. The predicted octanol–water partition coefficient (Wildman–Crippen LogP) is 3.37. The molecule has 0 aromatic heterocycles. The number of nitrogens with zero attached hydrogens (tertiary/aromatic N) is 1. The molecule has 2 N–H and O–H groups in total. The molecule has 2 amide bonds. The van der Waals surface area contributed by atoms with Gasteiger partial charge in [0.15, 0.2) is 6.61 Å². The molecule has 0 spiro atoms. The first kappa shape index (κ1) is 21.7. The highest BCUT2D eigenvalue weighted by Crippen LogP contribution is 2.15. The molecule has 6 heteroatoms. The lowest BCUT2D eigenvalue weighted by Gasteiger charge is -2.14. The topological polar surface area (TPSA) is 91.2 Å². The Labute approximate surface area is 171 Å². The van der Waals surface area contributed by atoms with Gasteiger partial charge in [-0.15, -0.1) is 0 Å². The number of hydrogen-bond donors (Lipinski definition) is 2. The Bertz CT molecular complexity index is 897. The van der Waals surface area contributed by atoms with E-state index in [1.54, 1.807) is 24.3 Å². The maximum Gasteiger partial charge on any atom is 0.262 e. The average Bonchev–Trinajstić information content (AvgIpc) is 2.71. The minimum absolute atomic E-state index is 0.0293. The summed E-state index contributed by atoms with van der Waals surface area (Å²) in [6, 6.07) is 18.3. The van der Waals surface area contributed by atoms with Gasteiger partial charge in [-0.1, -0.05) is 42.5 Å². The Morgan fingerprint density at radius 1 is 1.03 bits per heavy atom. The molecule has 1 atom stereocenters. The summed E-state index contributed by atoms with van der Waals surface area (Å²) in [7, 11) is 0. The Hall–Kier alpha value is -3.59. The lowest BCUT2D eigenvalue weighted by Crippen LogP contribution is -2.31. The largest absolute Gasteiger partial charge is 0.484 e. The average molecular weight is 391 g/mol. The van der Waals surface area contributed by atoms with Gasteiger partial charge in [0.05, 0.1) is 6.04 Å². The van der Waals surface area contributed by atoms with Gasteiger partial charge in [-0.3, -0.25) is 9.59 Å². The molecule has 0 aliphatic rings. The fraction of sp³-hybridized carbons (Fsp3) is 0.261. The van der Waals surface area contributed by atoms with Crippen molar-refractivity contribution in [2.45, 2.75) is 32.9 Å². The summed E-state index contributed by atoms with van der Waals surface area (Å²) in [6.45, 7) is 5.47. The van der Waals surface area contributed by atoms with Gasteiger partial charge in [-0.2, -0.15) is 5.26 Å². The van der Waals surface area contributed by atoms with Crippen LogP contribution in [0.1, 0.15) is 37.9 Å². The number of nitrogens with one attached hydrogen (secondary N) is 2. The summed E-state index contributed by atoms with van der Waals surface area (Å²) >= 11 is 0. The van der Waals surface area contributed by atoms with E-state index in [1.807, 2.05) is 57.2 Å². The summed E-state index contributed by atoms with van der Waals surface area (Å²) in [5.74, 6) is -0.107. The van der Waals surface area contributed by atoms with Gasteiger partial charge in [-0.25, -0.2) is 0 Å². The highest BCUT2D eigenvalue weighted by Gasteiger charge is 2.11. The highest BCUT2D eigenvalue weighted by atomic mass is 16.5. The van der Waals surface area contributed by atoms with E-state index in [0.717, 1.165) is 5.56 Å². The summed E-state index contributed by atoms with van der Waals surface area (Å²) in [5, 5.41) is 14.7. The first-order valence-electron chi connectivity index (χ1n) is 9.39. The van der Waals surface area contributed by atoms with Crippen LogP contribution < -0.4 is 15.4 Å². The maximum absolute atomic E-state index is 12.1. The Balaban J connectivity index is 1.90. The van der Waals surface area contributed by atoms with Crippen LogP contribution in [0.15, 0.2) is 60.2 Å². The number of hydrogen-bond acceptors (Lipinski definition) is 4. The van der Waals surface area contributed by atoms with Gasteiger partial charge in [0.1, 0.15) is 17.4 Å². The van der Waals surface area contributed by atoms with Gasteiger partial charge >= 0.3 is 0 Å². The molecule has 0 saturated carbocycles. The number of carbonyl (C=O) groups excluding carboxylic acids is 2. The van der Waals surface area contributed by atoms with Crippen molar-refractivity contribution in [2.75, 3.05) is 6.61 Å². The van der Waals surface area contributed by atoms with Crippen LogP contribution in [0.2, 0.25) is 0 Å². The molecule has 29 heavy (non-hydrogen) atoms. The zero-order valence-electron chi connectivity index (χ0n) is 16.8. The van der Waals surface area contributed by atoms with E-state index in [-0.39, 0.29) is 30.2 Å². The van der Waals surface area contributed by atoms with Crippen LogP contribution in [0, 0.1) is 11.3 Å². The molecule has 6 nitrogen and oxygen atoms in total. The molecule has 0 aliphatic carbocycles. The second-order valence-corrected chi connectivity index (χ2v) is 6.86. The quantitative estimate of drug-likeness (QED) is 0.533. The van der Waals surface area contributed by atoms with E-state index in [9.17, 15) is 14.9 Å². The lowest BCUT2D eigenvalue weighted by molar-refractivity contribution is -0.123. The third-order valence-electron chi connectivity index (χ3n) is 4.02. The van der Waals surface area contributed by atoms with Crippen LogP contribution in [0.5, 0.6) is 5.75 Å². The highest BCUT2D eigenvalue weighted by molar-refractivity contribution is 6.01. The smallest absolute Gasteiger partial charge is 0.262 e. The molecule has 2 rings (SSSR count). The molecule has 0 unspecified atom stereocenters. The molecule has 2 aromatic rings. The van der Waals surface area contributed by atoms with Gasteiger partial charge in [-0.05, 0) is 50.1 Å². The maximum atomic E-state index is 12.1. The fourth-order valence-electron chi connectivity index (χ4n) is 2.57. The number of benzene rings is 2. The summed E-state index contributed by atoms with van der Waals surface area (Å²) in [5.41, 5.74) is 1.74. The van der Waals surface area contributed by atoms with Crippen molar-refractivity contribution < 1.29 is 14.3 Å². The van der Waals surface area contributed by atoms with E-state index >= 15 is 0 Å². The Kier molecular flexibility index (Phi) is 7.99. The van der Waals surface area contributed by atoms with Crippen LogP contribution in [0.25, 0.3) is 6.08 Å².